The zero-order valence-electron chi connectivity index (χ0n) is 7.31. The lowest BCUT2D eigenvalue weighted by molar-refractivity contribution is 0.102. The molecule has 1 aromatic rings. The molecule has 1 nitrogen and oxygen atoms in total. The van der Waals surface area contributed by atoms with Crippen molar-refractivity contribution in [1.29, 1.82) is 0 Å². The van der Waals surface area contributed by atoms with E-state index in [0.717, 1.165) is 16.5 Å². The average molecular weight is 262 g/mol. The van der Waals surface area contributed by atoms with E-state index in [2.05, 4.69) is 22.9 Å². The first-order valence-corrected chi connectivity index (χ1v) is 5.39. The molecule has 0 bridgehead atoms. The first-order chi connectivity index (χ1) is 6.19. The molecule has 0 unspecified atom stereocenters. The lowest BCUT2D eigenvalue weighted by Gasteiger charge is -2.03. The van der Waals surface area contributed by atoms with Gasteiger partial charge in [0.1, 0.15) is 0 Å². The van der Waals surface area contributed by atoms with Crippen LogP contribution >= 0.6 is 27.5 Å². The lowest BCUT2D eigenvalue weighted by Crippen LogP contribution is -2.02. The van der Waals surface area contributed by atoms with Gasteiger partial charge in [-0.05, 0) is 24.1 Å². The predicted octanol–water partition coefficient (Wildman–Crippen LogP) is 3.43. The van der Waals surface area contributed by atoms with Gasteiger partial charge in [-0.15, -0.1) is 11.6 Å². The maximum Gasteiger partial charge on any atom is 0.178 e. The number of ketones is 1. The molecule has 0 heterocycles. The standard InChI is InChI=1S/C10H10BrClO/c1-2-7-3-4-9(11)8(5-7)10(13)6-12/h3-5H,2,6H2,1H3. The average Bonchev–Trinajstić information content (AvgIpc) is 2.17. The van der Waals surface area contributed by atoms with Crippen LogP contribution in [-0.4, -0.2) is 11.7 Å². The van der Waals surface area contributed by atoms with Gasteiger partial charge in [-0.3, -0.25) is 4.79 Å². The monoisotopic (exact) mass is 260 g/mol. The summed E-state index contributed by atoms with van der Waals surface area (Å²) >= 11 is 8.81. The summed E-state index contributed by atoms with van der Waals surface area (Å²) in [6.07, 6.45) is 0.926. The first kappa shape index (κ1) is 10.7. The van der Waals surface area contributed by atoms with E-state index < -0.39 is 0 Å². The Morgan fingerprint density at radius 1 is 1.54 bits per heavy atom. The summed E-state index contributed by atoms with van der Waals surface area (Å²) in [5.74, 6) is -0.00461. The fraction of sp³-hybridized carbons (Fsp3) is 0.300. The summed E-state index contributed by atoms with van der Waals surface area (Å²) in [5.41, 5.74) is 1.83. The van der Waals surface area contributed by atoms with E-state index >= 15 is 0 Å². The van der Waals surface area contributed by atoms with Gasteiger partial charge in [-0.25, -0.2) is 0 Å². The van der Waals surface area contributed by atoms with Gasteiger partial charge in [0.05, 0.1) is 5.88 Å². The Kier molecular flexibility index (Phi) is 3.94. The fourth-order valence-corrected chi connectivity index (χ4v) is 1.69. The Bertz CT molecular complexity index is 323. The highest BCUT2D eigenvalue weighted by molar-refractivity contribution is 9.10. The maximum atomic E-state index is 11.3. The van der Waals surface area contributed by atoms with Crippen LogP contribution in [0.1, 0.15) is 22.8 Å². The summed E-state index contributed by atoms with van der Waals surface area (Å²) in [5, 5.41) is 0. The van der Waals surface area contributed by atoms with Crippen LogP contribution in [0.3, 0.4) is 0 Å². The molecule has 0 aromatic heterocycles. The quantitative estimate of drug-likeness (QED) is 0.602. The van der Waals surface area contributed by atoms with Gasteiger partial charge in [-0.1, -0.05) is 28.9 Å². The number of hydrogen-bond acceptors (Lipinski definition) is 1. The van der Waals surface area contributed by atoms with E-state index in [1.54, 1.807) is 0 Å². The topological polar surface area (TPSA) is 17.1 Å². The number of benzene rings is 1. The molecule has 0 spiro atoms. The molecule has 0 aliphatic heterocycles. The third kappa shape index (κ3) is 2.55. The Labute approximate surface area is 91.2 Å². The summed E-state index contributed by atoms with van der Waals surface area (Å²) in [6.45, 7) is 2.05. The van der Waals surface area contributed by atoms with Crippen molar-refractivity contribution in [3.63, 3.8) is 0 Å². The number of rotatable bonds is 3. The zero-order valence-corrected chi connectivity index (χ0v) is 9.65. The van der Waals surface area contributed by atoms with Crippen molar-refractivity contribution >= 4 is 33.3 Å². The summed E-state index contributed by atoms with van der Waals surface area (Å²) in [6, 6.07) is 5.77. The van der Waals surface area contributed by atoms with Gasteiger partial charge in [0.25, 0.3) is 0 Å². The van der Waals surface area contributed by atoms with Gasteiger partial charge in [-0.2, -0.15) is 0 Å². The van der Waals surface area contributed by atoms with E-state index in [4.69, 9.17) is 11.6 Å². The van der Waals surface area contributed by atoms with E-state index in [1.807, 2.05) is 18.2 Å². The number of alkyl halides is 1. The molecule has 0 amide bonds. The highest BCUT2D eigenvalue weighted by Gasteiger charge is 2.08. The van der Waals surface area contributed by atoms with Gasteiger partial charge < -0.3 is 0 Å². The van der Waals surface area contributed by atoms with E-state index in [9.17, 15) is 4.79 Å². The van der Waals surface area contributed by atoms with E-state index in [1.165, 1.54) is 0 Å². The molecule has 0 N–H and O–H groups in total. The normalized spacial score (nSPS) is 10.1. The van der Waals surface area contributed by atoms with Crippen molar-refractivity contribution in [2.24, 2.45) is 0 Å². The number of Topliss-reactive ketones (excluding diaryl/α,β-unsaturated/α-hetero) is 1. The second-order valence-electron chi connectivity index (χ2n) is 2.72. The first-order valence-electron chi connectivity index (χ1n) is 4.06. The van der Waals surface area contributed by atoms with Gasteiger partial charge in [0.2, 0.25) is 0 Å². The molecule has 0 radical (unpaired) electrons. The third-order valence-electron chi connectivity index (χ3n) is 1.86. The molecule has 0 saturated heterocycles. The van der Waals surface area contributed by atoms with Crippen molar-refractivity contribution in [3.05, 3.63) is 33.8 Å². The molecule has 13 heavy (non-hydrogen) atoms. The smallest absolute Gasteiger partial charge is 0.178 e. The minimum absolute atomic E-state index is 0.0335. The Morgan fingerprint density at radius 2 is 2.23 bits per heavy atom. The number of carbonyl (C=O) groups is 1. The van der Waals surface area contributed by atoms with Crippen LogP contribution in [0, 0.1) is 0 Å². The van der Waals surface area contributed by atoms with Crippen molar-refractivity contribution in [3.8, 4) is 0 Å². The van der Waals surface area contributed by atoms with Crippen LogP contribution in [0.2, 0.25) is 0 Å². The van der Waals surface area contributed by atoms with Crippen molar-refractivity contribution in [2.45, 2.75) is 13.3 Å². The molecule has 0 aliphatic carbocycles. The summed E-state index contributed by atoms with van der Waals surface area (Å²) in [4.78, 5) is 11.3. The van der Waals surface area contributed by atoms with Gasteiger partial charge in [0, 0.05) is 10.0 Å². The molecular weight excluding hydrogens is 251 g/mol. The summed E-state index contributed by atoms with van der Waals surface area (Å²) < 4.78 is 0.815. The van der Waals surface area contributed by atoms with Crippen molar-refractivity contribution in [1.82, 2.24) is 0 Å². The van der Waals surface area contributed by atoms with Crippen LogP contribution < -0.4 is 0 Å². The molecule has 0 aliphatic rings. The molecule has 3 heteroatoms. The van der Waals surface area contributed by atoms with Crippen LogP contribution in [0.15, 0.2) is 22.7 Å². The van der Waals surface area contributed by atoms with Crippen LogP contribution in [0.25, 0.3) is 0 Å². The minimum Gasteiger partial charge on any atom is -0.293 e. The largest absolute Gasteiger partial charge is 0.293 e. The van der Waals surface area contributed by atoms with E-state index in [-0.39, 0.29) is 11.7 Å². The summed E-state index contributed by atoms with van der Waals surface area (Å²) in [7, 11) is 0. The maximum absolute atomic E-state index is 11.3. The second kappa shape index (κ2) is 4.77. The van der Waals surface area contributed by atoms with Crippen molar-refractivity contribution in [2.75, 3.05) is 5.88 Å². The molecule has 0 fully saturated rings. The molecule has 0 atom stereocenters. The predicted molar refractivity (Wildman–Crippen MR) is 58.6 cm³/mol. The molecule has 70 valence electrons. The second-order valence-corrected chi connectivity index (χ2v) is 3.85. The highest BCUT2D eigenvalue weighted by atomic mass is 79.9. The van der Waals surface area contributed by atoms with Crippen LogP contribution in [0.5, 0.6) is 0 Å². The minimum atomic E-state index is -0.0381. The van der Waals surface area contributed by atoms with Crippen molar-refractivity contribution < 1.29 is 4.79 Å². The lowest BCUT2D eigenvalue weighted by atomic mass is 10.1. The SMILES string of the molecule is CCc1ccc(Br)c(C(=O)CCl)c1. The highest BCUT2D eigenvalue weighted by Crippen LogP contribution is 2.19. The third-order valence-corrected chi connectivity index (χ3v) is 2.80. The van der Waals surface area contributed by atoms with Crippen LogP contribution in [0.4, 0.5) is 0 Å². The number of halogens is 2. The number of carbonyl (C=O) groups excluding carboxylic acids is 1. The van der Waals surface area contributed by atoms with Crippen LogP contribution in [-0.2, 0) is 6.42 Å². The molecule has 0 saturated carbocycles. The molecule has 1 aromatic carbocycles. The Morgan fingerprint density at radius 3 is 2.77 bits per heavy atom. The van der Waals surface area contributed by atoms with Gasteiger partial charge in [0.15, 0.2) is 5.78 Å². The Hall–Kier alpha value is -0.340. The van der Waals surface area contributed by atoms with Gasteiger partial charge >= 0.3 is 0 Å². The number of hydrogen-bond donors (Lipinski definition) is 0. The molecular formula is C10H10BrClO. The molecule has 1 rings (SSSR count). The zero-order chi connectivity index (χ0) is 9.84. The number of aryl methyl sites for hydroxylation is 1. The Balaban J connectivity index is 3.11. The fourth-order valence-electron chi connectivity index (χ4n) is 1.08. The van der Waals surface area contributed by atoms with E-state index in [0.29, 0.717) is 5.56 Å².